The summed E-state index contributed by atoms with van der Waals surface area (Å²) in [6.07, 6.45) is 0. The predicted molar refractivity (Wildman–Crippen MR) is 101 cm³/mol. The molecule has 1 heterocycles. The topological polar surface area (TPSA) is 110 Å². The van der Waals surface area contributed by atoms with Crippen LogP contribution in [0.2, 0.25) is 0 Å². The molecule has 1 aliphatic heterocycles. The van der Waals surface area contributed by atoms with E-state index in [1.165, 1.54) is 30.2 Å². The average molecular weight is 441 g/mol. The SMILES string of the molecule is COc1ccc(S(=O)(=O)N2CCN(C(=O)c3cccc(F)c3F)CC2)cc1[N+](=O)[O-]. The summed E-state index contributed by atoms with van der Waals surface area (Å²) in [6.45, 7) is -0.311. The van der Waals surface area contributed by atoms with Crippen LogP contribution in [0.25, 0.3) is 0 Å². The number of methoxy groups -OCH3 is 1. The number of sulfonamides is 1. The van der Waals surface area contributed by atoms with E-state index in [0.29, 0.717) is 0 Å². The summed E-state index contributed by atoms with van der Waals surface area (Å²) in [5.74, 6) is -3.23. The van der Waals surface area contributed by atoms with Crippen molar-refractivity contribution in [1.29, 1.82) is 0 Å². The van der Waals surface area contributed by atoms with Gasteiger partial charge in [-0.2, -0.15) is 4.31 Å². The number of hydrogen-bond acceptors (Lipinski definition) is 6. The van der Waals surface area contributed by atoms with Crippen LogP contribution in [-0.2, 0) is 10.0 Å². The van der Waals surface area contributed by atoms with Crippen molar-refractivity contribution in [3.63, 3.8) is 0 Å². The standard InChI is InChI=1S/C18H17F2N3O6S/c1-29-16-6-5-12(11-15(16)23(25)26)30(27,28)22-9-7-21(8-10-22)18(24)13-3-2-4-14(19)17(13)20/h2-6,11H,7-10H2,1H3. The zero-order valence-electron chi connectivity index (χ0n) is 15.7. The fourth-order valence-electron chi connectivity index (χ4n) is 3.09. The van der Waals surface area contributed by atoms with E-state index in [0.717, 1.165) is 22.5 Å². The monoisotopic (exact) mass is 441 g/mol. The second kappa shape index (κ2) is 8.32. The van der Waals surface area contributed by atoms with Crippen LogP contribution in [0.1, 0.15) is 10.4 Å². The summed E-state index contributed by atoms with van der Waals surface area (Å²) < 4.78 is 58.9. The molecule has 1 fully saturated rings. The third-order valence-electron chi connectivity index (χ3n) is 4.69. The van der Waals surface area contributed by atoms with Gasteiger partial charge in [-0.15, -0.1) is 0 Å². The summed E-state index contributed by atoms with van der Waals surface area (Å²) >= 11 is 0. The Balaban J connectivity index is 1.77. The number of carbonyl (C=O) groups is 1. The maximum absolute atomic E-state index is 13.9. The van der Waals surface area contributed by atoms with Gasteiger partial charge in [0.15, 0.2) is 17.4 Å². The summed E-state index contributed by atoms with van der Waals surface area (Å²) in [6, 6.07) is 6.56. The fourth-order valence-corrected chi connectivity index (χ4v) is 4.54. The van der Waals surface area contributed by atoms with Crippen molar-refractivity contribution in [3.8, 4) is 5.75 Å². The summed E-state index contributed by atoms with van der Waals surface area (Å²) in [5, 5.41) is 11.2. The van der Waals surface area contributed by atoms with Crippen LogP contribution < -0.4 is 4.74 Å². The van der Waals surface area contributed by atoms with Gasteiger partial charge in [0.05, 0.1) is 22.5 Å². The van der Waals surface area contributed by atoms with Crippen LogP contribution in [0.4, 0.5) is 14.5 Å². The van der Waals surface area contributed by atoms with Gasteiger partial charge in [-0.05, 0) is 24.3 Å². The van der Waals surface area contributed by atoms with E-state index in [1.807, 2.05) is 0 Å². The van der Waals surface area contributed by atoms with E-state index in [1.54, 1.807) is 0 Å². The number of rotatable bonds is 5. The average Bonchev–Trinajstić information content (AvgIpc) is 2.74. The number of carbonyl (C=O) groups excluding carboxylic acids is 1. The molecule has 160 valence electrons. The third kappa shape index (κ3) is 3.96. The minimum Gasteiger partial charge on any atom is -0.490 e. The van der Waals surface area contributed by atoms with Gasteiger partial charge in [0.1, 0.15) is 0 Å². The van der Waals surface area contributed by atoms with E-state index in [2.05, 4.69) is 0 Å². The van der Waals surface area contributed by atoms with E-state index >= 15 is 0 Å². The molecule has 2 aromatic carbocycles. The van der Waals surface area contributed by atoms with Crippen LogP contribution in [0.15, 0.2) is 41.3 Å². The second-order valence-electron chi connectivity index (χ2n) is 6.39. The molecule has 0 spiro atoms. The summed E-state index contributed by atoms with van der Waals surface area (Å²) in [7, 11) is -2.84. The van der Waals surface area contributed by atoms with Crippen LogP contribution in [0.3, 0.4) is 0 Å². The van der Waals surface area contributed by atoms with E-state index in [-0.39, 0.29) is 36.8 Å². The molecular weight excluding hydrogens is 424 g/mol. The molecule has 9 nitrogen and oxygen atoms in total. The Hall–Kier alpha value is -3.12. The van der Waals surface area contributed by atoms with Crippen molar-refractivity contribution in [2.75, 3.05) is 33.3 Å². The highest BCUT2D eigenvalue weighted by Crippen LogP contribution is 2.31. The Kier molecular flexibility index (Phi) is 5.99. The first-order valence-electron chi connectivity index (χ1n) is 8.72. The van der Waals surface area contributed by atoms with Crippen molar-refractivity contribution in [2.24, 2.45) is 0 Å². The molecule has 0 saturated carbocycles. The summed E-state index contributed by atoms with van der Waals surface area (Å²) in [4.78, 5) is 23.8. The zero-order chi connectivity index (χ0) is 22.1. The normalized spacial score (nSPS) is 15.1. The van der Waals surface area contributed by atoms with E-state index in [9.17, 15) is 32.1 Å². The lowest BCUT2D eigenvalue weighted by Gasteiger charge is -2.34. The van der Waals surface area contributed by atoms with Crippen LogP contribution in [0.5, 0.6) is 5.75 Å². The smallest absolute Gasteiger partial charge is 0.312 e. The molecule has 1 saturated heterocycles. The molecule has 0 unspecified atom stereocenters. The number of nitro benzene ring substituents is 1. The van der Waals surface area contributed by atoms with Gasteiger partial charge in [0.2, 0.25) is 10.0 Å². The van der Waals surface area contributed by atoms with Crippen molar-refractivity contribution in [3.05, 3.63) is 63.7 Å². The molecule has 0 N–H and O–H groups in total. The van der Waals surface area contributed by atoms with Gasteiger partial charge in [-0.1, -0.05) is 6.07 Å². The van der Waals surface area contributed by atoms with Crippen LogP contribution in [0, 0.1) is 21.7 Å². The highest BCUT2D eigenvalue weighted by molar-refractivity contribution is 7.89. The maximum Gasteiger partial charge on any atom is 0.312 e. The molecule has 3 rings (SSSR count). The molecule has 0 atom stereocenters. The van der Waals surface area contributed by atoms with Gasteiger partial charge < -0.3 is 9.64 Å². The Morgan fingerprint density at radius 2 is 1.80 bits per heavy atom. The molecule has 1 amide bonds. The predicted octanol–water partition coefficient (Wildman–Crippen LogP) is 2.03. The maximum atomic E-state index is 13.9. The molecule has 30 heavy (non-hydrogen) atoms. The Morgan fingerprint density at radius 3 is 2.40 bits per heavy atom. The number of amides is 1. The minimum absolute atomic E-state index is 0.0493. The Morgan fingerprint density at radius 1 is 1.13 bits per heavy atom. The van der Waals surface area contributed by atoms with Crippen molar-refractivity contribution in [1.82, 2.24) is 9.21 Å². The molecule has 0 aromatic heterocycles. The lowest BCUT2D eigenvalue weighted by Crippen LogP contribution is -2.50. The fraction of sp³-hybridized carbons (Fsp3) is 0.278. The third-order valence-corrected chi connectivity index (χ3v) is 6.59. The first-order valence-corrected chi connectivity index (χ1v) is 10.2. The van der Waals surface area contributed by atoms with E-state index in [4.69, 9.17) is 4.74 Å². The number of nitro groups is 1. The number of piperazine rings is 1. The number of halogens is 2. The molecule has 0 aliphatic carbocycles. The highest BCUT2D eigenvalue weighted by Gasteiger charge is 2.33. The van der Waals surface area contributed by atoms with Crippen molar-refractivity contribution >= 4 is 21.6 Å². The van der Waals surface area contributed by atoms with Crippen LogP contribution >= 0.6 is 0 Å². The number of benzene rings is 2. The molecule has 0 bridgehead atoms. The summed E-state index contributed by atoms with van der Waals surface area (Å²) in [5.41, 5.74) is -0.925. The molecule has 12 heteroatoms. The first-order chi connectivity index (χ1) is 14.2. The van der Waals surface area contributed by atoms with Crippen LogP contribution in [-0.4, -0.2) is 61.7 Å². The molecule has 2 aromatic rings. The number of nitrogens with zero attached hydrogens (tertiary/aromatic N) is 3. The van der Waals surface area contributed by atoms with Gasteiger partial charge in [0, 0.05) is 32.2 Å². The van der Waals surface area contributed by atoms with E-state index < -0.39 is 43.7 Å². The molecular formula is C18H17F2N3O6S. The Labute approximate surface area is 170 Å². The minimum atomic E-state index is -4.07. The number of hydrogen-bond donors (Lipinski definition) is 0. The quantitative estimate of drug-likeness (QED) is 0.519. The van der Waals surface area contributed by atoms with Gasteiger partial charge in [-0.3, -0.25) is 14.9 Å². The lowest BCUT2D eigenvalue weighted by molar-refractivity contribution is -0.386. The van der Waals surface area contributed by atoms with Gasteiger partial charge in [0.25, 0.3) is 5.91 Å². The zero-order valence-corrected chi connectivity index (χ0v) is 16.6. The van der Waals surface area contributed by atoms with Crippen molar-refractivity contribution < 1.29 is 31.7 Å². The number of ether oxygens (including phenoxy) is 1. The molecule has 1 aliphatic rings. The van der Waals surface area contributed by atoms with Gasteiger partial charge >= 0.3 is 5.69 Å². The van der Waals surface area contributed by atoms with Crippen molar-refractivity contribution in [2.45, 2.75) is 4.90 Å². The highest BCUT2D eigenvalue weighted by atomic mass is 32.2. The first kappa shape index (κ1) is 21.6. The molecule has 0 radical (unpaired) electrons. The lowest BCUT2D eigenvalue weighted by atomic mass is 10.1. The Bertz CT molecular complexity index is 1100. The largest absolute Gasteiger partial charge is 0.490 e. The van der Waals surface area contributed by atoms with Gasteiger partial charge in [-0.25, -0.2) is 17.2 Å². The second-order valence-corrected chi connectivity index (χ2v) is 8.33.